The quantitative estimate of drug-likeness (QED) is 0.464. The van der Waals surface area contributed by atoms with E-state index in [0.29, 0.717) is 50.9 Å². The summed E-state index contributed by atoms with van der Waals surface area (Å²) < 4.78 is 29.2. The van der Waals surface area contributed by atoms with Crippen molar-refractivity contribution in [2.75, 3.05) is 46.0 Å². The van der Waals surface area contributed by atoms with Crippen LogP contribution < -0.4 is 0 Å². The Labute approximate surface area is 125 Å². The number of rotatable bonds is 11. The zero-order chi connectivity index (χ0) is 14.6. The monoisotopic (exact) mass is 304 g/mol. The topological polar surface area (TPSA) is 27.7 Å². The lowest BCUT2D eigenvalue weighted by molar-refractivity contribution is 0.0235. The zero-order valence-corrected chi connectivity index (χ0v) is 12.6. The molecule has 1 aromatic carbocycles. The molecule has 1 atom stereocenters. The second-order valence-electron chi connectivity index (χ2n) is 4.38. The molecule has 0 saturated carbocycles. The third-order valence-corrected chi connectivity index (χ3v) is 3.32. The van der Waals surface area contributed by atoms with Crippen LogP contribution in [0.3, 0.4) is 0 Å². The second-order valence-corrected chi connectivity index (χ2v) is 4.69. The molecule has 0 spiro atoms. The van der Waals surface area contributed by atoms with E-state index in [2.05, 4.69) is 0 Å². The summed E-state index contributed by atoms with van der Waals surface area (Å²) >= 11 is 5.91. The standard InChI is InChI=1S/C15H22ClFO3/c1-18-8-9-20-11-10-19-7-6-13(12-16)14-4-2-3-5-15(14)17/h2-5,13H,6-12H2,1H3. The van der Waals surface area contributed by atoms with Crippen molar-refractivity contribution in [2.24, 2.45) is 0 Å². The van der Waals surface area contributed by atoms with Gasteiger partial charge in [-0.3, -0.25) is 0 Å². The molecule has 0 radical (unpaired) electrons. The molecule has 114 valence electrons. The molecule has 0 heterocycles. The Morgan fingerprint density at radius 1 is 1.05 bits per heavy atom. The summed E-state index contributed by atoms with van der Waals surface area (Å²) in [7, 11) is 1.63. The molecule has 0 saturated heterocycles. The molecule has 0 aliphatic heterocycles. The minimum absolute atomic E-state index is 0.0210. The van der Waals surface area contributed by atoms with Crippen molar-refractivity contribution in [1.29, 1.82) is 0 Å². The van der Waals surface area contributed by atoms with Gasteiger partial charge in [-0.1, -0.05) is 18.2 Å². The Balaban J connectivity index is 2.18. The summed E-state index contributed by atoms with van der Waals surface area (Å²) in [5.74, 6) is 0.155. The summed E-state index contributed by atoms with van der Waals surface area (Å²) in [6.07, 6.45) is 0.697. The maximum atomic E-state index is 13.6. The number of benzene rings is 1. The van der Waals surface area contributed by atoms with Crippen LogP contribution >= 0.6 is 11.6 Å². The number of ether oxygens (including phenoxy) is 3. The van der Waals surface area contributed by atoms with Crippen molar-refractivity contribution in [3.63, 3.8) is 0 Å². The maximum absolute atomic E-state index is 13.6. The minimum atomic E-state index is -0.207. The van der Waals surface area contributed by atoms with E-state index in [0.717, 1.165) is 0 Å². The molecule has 5 heteroatoms. The van der Waals surface area contributed by atoms with Crippen LogP contribution in [-0.4, -0.2) is 46.0 Å². The number of hydrogen-bond acceptors (Lipinski definition) is 3. The molecular weight excluding hydrogens is 283 g/mol. The third-order valence-electron chi connectivity index (χ3n) is 2.95. The molecule has 0 aromatic heterocycles. The summed E-state index contributed by atoms with van der Waals surface area (Å²) in [6.45, 7) is 2.75. The predicted molar refractivity (Wildman–Crippen MR) is 78.0 cm³/mol. The van der Waals surface area contributed by atoms with Gasteiger partial charge in [-0.2, -0.15) is 0 Å². The van der Waals surface area contributed by atoms with E-state index in [-0.39, 0.29) is 11.7 Å². The minimum Gasteiger partial charge on any atom is -0.382 e. The van der Waals surface area contributed by atoms with Crippen molar-refractivity contribution in [2.45, 2.75) is 12.3 Å². The maximum Gasteiger partial charge on any atom is 0.126 e. The molecule has 1 unspecified atom stereocenters. The van der Waals surface area contributed by atoms with Crippen LogP contribution in [0.4, 0.5) is 4.39 Å². The molecule has 0 bridgehead atoms. The SMILES string of the molecule is COCCOCCOCCC(CCl)c1ccccc1F. The van der Waals surface area contributed by atoms with E-state index >= 15 is 0 Å². The van der Waals surface area contributed by atoms with E-state index in [1.54, 1.807) is 19.2 Å². The van der Waals surface area contributed by atoms with Crippen LogP contribution in [0.2, 0.25) is 0 Å². The van der Waals surface area contributed by atoms with Crippen molar-refractivity contribution >= 4 is 11.6 Å². The van der Waals surface area contributed by atoms with Crippen LogP contribution in [0.5, 0.6) is 0 Å². The van der Waals surface area contributed by atoms with E-state index < -0.39 is 0 Å². The Morgan fingerprint density at radius 2 is 1.70 bits per heavy atom. The van der Waals surface area contributed by atoms with E-state index in [1.165, 1.54) is 6.07 Å². The van der Waals surface area contributed by atoms with Gasteiger partial charge in [-0.15, -0.1) is 11.6 Å². The van der Waals surface area contributed by atoms with E-state index in [1.807, 2.05) is 6.07 Å². The fraction of sp³-hybridized carbons (Fsp3) is 0.600. The molecule has 0 aliphatic rings. The number of hydrogen-bond donors (Lipinski definition) is 0. The summed E-state index contributed by atoms with van der Waals surface area (Å²) in [5, 5.41) is 0. The average molecular weight is 305 g/mol. The number of halogens is 2. The van der Waals surface area contributed by atoms with Crippen molar-refractivity contribution in [3.05, 3.63) is 35.6 Å². The zero-order valence-electron chi connectivity index (χ0n) is 11.8. The first-order chi connectivity index (χ1) is 9.79. The number of methoxy groups -OCH3 is 1. The fourth-order valence-corrected chi connectivity index (χ4v) is 2.13. The summed E-state index contributed by atoms with van der Waals surface area (Å²) in [4.78, 5) is 0. The lowest BCUT2D eigenvalue weighted by atomic mass is 9.97. The summed E-state index contributed by atoms with van der Waals surface area (Å²) in [6, 6.07) is 6.73. The van der Waals surface area contributed by atoms with E-state index in [9.17, 15) is 4.39 Å². The van der Waals surface area contributed by atoms with Crippen molar-refractivity contribution < 1.29 is 18.6 Å². The molecule has 20 heavy (non-hydrogen) atoms. The highest BCUT2D eigenvalue weighted by Crippen LogP contribution is 2.23. The van der Waals surface area contributed by atoms with Gasteiger partial charge in [-0.05, 0) is 18.1 Å². The van der Waals surface area contributed by atoms with Gasteiger partial charge in [0, 0.05) is 25.5 Å². The van der Waals surface area contributed by atoms with Crippen LogP contribution in [0.15, 0.2) is 24.3 Å². The largest absolute Gasteiger partial charge is 0.382 e. The highest BCUT2D eigenvalue weighted by Gasteiger charge is 2.14. The van der Waals surface area contributed by atoms with Crippen LogP contribution in [-0.2, 0) is 14.2 Å². The average Bonchev–Trinajstić information content (AvgIpc) is 2.47. The first-order valence-corrected chi connectivity index (χ1v) is 7.27. The predicted octanol–water partition coefficient (Wildman–Crippen LogP) is 3.22. The Morgan fingerprint density at radius 3 is 2.35 bits per heavy atom. The van der Waals surface area contributed by atoms with Gasteiger partial charge in [-0.25, -0.2) is 4.39 Å². The molecule has 1 rings (SSSR count). The highest BCUT2D eigenvalue weighted by atomic mass is 35.5. The fourth-order valence-electron chi connectivity index (χ4n) is 1.81. The Hall–Kier alpha value is -0.680. The van der Waals surface area contributed by atoms with Gasteiger partial charge in [0.15, 0.2) is 0 Å². The lowest BCUT2D eigenvalue weighted by Gasteiger charge is -2.15. The normalized spacial score (nSPS) is 12.6. The number of alkyl halides is 1. The first-order valence-electron chi connectivity index (χ1n) is 6.74. The lowest BCUT2D eigenvalue weighted by Crippen LogP contribution is -2.11. The third kappa shape index (κ3) is 6.66. The first kappa shape index (κ1) is 17.4. The van der Waals surface area contributed by atoms with Gasteiger partial charge in [0.2, 0.25) is 0 Å². The van der Waals surface area contributed by atoms with Gasteiger partial charge in [0.25, 0.3) is 0 Å². The molecular formula is C15H22ClFO3. The Kier molecular flexibility index (Phi) is 9.58. The van der Waals surface area contributed by atoms with Crippen LogP contribution in [0.25, 0.3) is 0 Å². The van der Waals surface area contributed by atoms with Crippen LogP contribution in [0.1, 0.15) is 17.9 Å². The van der Waals surface area contributed by atoms with Crippen LogP contribution in [0, 0.1) is 5.82 Å². The molecule has 1 aromatic rings. The molecule has 3 nitrogen and oxygen atoms in total. The molecule has 0 amide bonds. The van der Waals surface area contributed by atoms with Gasteiger partial charge in [0.05, 0.1) is 26.4 Å². The molecule has 0 N–H and O–H groups in total. The van der Waals surface area contributed by atoms with Crippen molar-refractivity contribution in [3.8, 4) is 0 Å². The second kappa shape index (κ2) is 11.0. The van der Waals surface area contributed by atoms with Gasteiger partial charge < -0.3 is 14.2 Å². The molecule has 0 aliphatic carbocycles. The van der Waals surface area contributed by atoms with E-state index in [4.69, 9.17) is 25.8 Å². The Bertz CT molecular complexity index is 363. The highest BCUT2D eigenvalue weighted by molar-refractivity contribution is 6.18. The van der Waals surface area contributed by atoms with Gasteiger partial charge in [0.1, 0.15) is 5.82 Å². The smallest absolute Gasteiger partial charge is 0.126 e. The summed E-state index contributed by atoms with van der Waals surface area (Å²) in [5.41, 5.74) is 0.655. The van der Waals surface area contributed by atoms with Gasteiger partial charge >= 0.3 is 0 Å². The van der Waals surface area contributed by atoms with Crippen molar-refractivity contribution in [1.82, 2.24) is 0 Å². The molecule has 0 fully saturated rings.